The van der Waals surface area contributed by atoms with Gasteiger partial charge in [0.25, 0.3) is 0 Å². The fourth-order valence-corrected chi connectivity index (χ4v) is 2.27. The maximum absolute atomic E-state index is 3.34. The van der Waals surface area contributed by atoms with E-state index in [0.29, 0.717) is 23.7 Å². The van der Waals surface area contributed by atoms with Gasteiger partial charge in [0.15, 0.2) is 0 Å². The molecule has 0 N–H and O–H groups in total. The van der Waals surface area contributed by atoms with Crippen LogP contribution in [0.15, 0.2) is 35.5 Å². The van der Waals surface area contributed by atoms with Crippen LogP contribution in [0.25, 0.3) is 0 Å². The van der Waals surface area contributed by atoms with Gasteiger partial charge in [0.1, 0.15) is 0 Å². The molecular weight excluding hydrogens is 384 g/mol. The van der Waals surface area contributed by atoms with Crippen LogP contribution in [0.2, 0.25) is 0 Å². The molecule has 0 aromatic rings. The molecule has 0 aromatic carbocycles. The molecule has 2 unspecified atom stereocenters. The van der Waals surface area contributed by atoms with Crippen LogP contribution in [0.1, 0.15) is 54.4 Å². The van der Waals surface area contributed by atoms with Crippen molar-refractivity contribution in [3.63, 3.8) is 0 Å². The molecule has 0 spiro atoms. The molecular formula is C22H38SiZr-4. The second kappa shape index (κ2) is 16.5. The third-order valence-corrected chi connectivity index (χ3v) is 3.96. The Labute approximate surface area is 170 Å². The van der Waals surface area contributed by atoms with Crippen molar-refractivity contribution in [1.29, 1.82) is 0 Å². The van der Waals surface area contributed by atoms with Crippen LogP contribution in [0.4, 0.5) is 0 Å². The fraction of sp³-hybridized carbons (Fsp3) is 0.545. The van der Waals surface area contributed by atoms with Crippen molar-refractivity contribution in [2.75, 3.05) is 0 Å². The van der Waals surface area contributed by atoms with Crippen LogP contribution < -0.4 is 0 Å². The molecule has 2 aliphatic carbocycles. The van der Waals surface area contributed by atoms with Crippen LogP contribution in [0, 0.1) is 50.7 Å². The molecule has 2 heteroatoms. The van der Waals surface area contributed by atoms with E-state index in [4.69, 9.17) is 0 Å². The summed E-state index contributed by atoms with van der Waals surface area (Å²) >= 11 is 1.58. The molecule has 138 valence electrons. The molecule has 0 fully saturated rings. The molecule has 2 rings (SSSR count). The predicted molar refractivity (Wildman–Crippen MR) is 110 cm³/mol. The van der Waals surface area contributed by atoms with Gasteiger partial charge in [0.05, 0.1) is 0 Å². The average molecular weight is 422 g/mol. The minimum atomic E-state index is 0. The van der Waals surface area contributed by atoms with Crippen molar-refractivity contribution in [2.24, 2.45) is 23.7 Å². The number of rotatable bonds is 4. The van der Waals surface area contributed by atoms with Crippen LogP contribution in [-0.2, 0) is 23.3 Å². The van der Waals surface area contributed by atoms with E-state index in [1.807, 2.05) is 6.88 Å². The molecule has 0 aromatic heterocycles. The Hall–Kier alpha value is 0.0600. The summed E-state index contributed by atoms with van der Waals surface area (Å²) in [4.78, 5) is 0. The summed E-state index contributed by atoms with van der Waals surface area (Å²) in [5.74, 6) is 2.57. The Morgan fingerprint density at radius 3 is 1.25 bits per heavy atom. The van der Waals surface area contributed by atoms with Gasteiger partial charge in [-0.15, -0.1) is 0 Å². The number of allylic oxidation sites excluding steroid dienone is 8. The molecule has 0 aliphatic heterocycles. The summed E-state index contributed by atoms with van der Waals surface area (Å²) < 4.78 is 0. The van der Waals surface area contributed by atoms with E-state index in [1.165, 1.54) is 11.1 Å². The first-order valence-electron chi connectivity index (χ1n) is 8.43. The monoisotopic (exact) mass is 420 g/mol. The fourth-order valence-electron chi connectivity index (χ4n) is 2.27. The molecule has 2 aliphatic rings. The predicted octanol–water partition coefficient (Wildman–Crippen LogP) is 5.92. The van der Waals surface area contributed by atoms with Crippen molar-refractivity contribution in [2.45, 2.75) is 54.4 Å². The first kappa shape index (κ1) is 28.8. The summed E-state index contributed by atoms with van der Waals surface area (Å²) in [6, 6.07) is 0. The van der Waals surface area contributed by atoms with Gasteiger partial charge < -0.3 is 14.9 Å². The number of hydrogen-bond donors (Lipinski definition) is 0. The molecule has 0 bridgehead atoms. The summed E-state index contributed by atoms with van der Waals surface area (Å²) in [6.45, 7) is 15.3. The van der Waals surface area contributed by atoms with Crippen molar-refractivity contribution in [1.82, 2.24) is 0 Å². The molecule has 0 saturated carbocycles. The molecule has 2 atom stereocenters. The van der Waals surface area contributed by atoms with Crippen LogP contribution in [0.3, 0.4) is 0 Å². The van der Waals surface area contributed by atoms with E-state index >= 15 is 0 Å². The first-order chi connectivity index (χ1) is 10.5. The van der Waals surface area contributed by atoms with Crippen molar-refractivity contribution in [3.8, 4) is 0 Å². The molecule has 0 nitrogen and oxygen atoms in total. The first-order valence-corrected chi connectivity index (χ1v) is 14.3. The molecule has 0 radical (unpaired) electrons. The minimum absolute atomic E-state index is 0. The van der Waals surface area contributed by atoms with Gasteiger partial charge in [-0.2, -0.15) is 12.2 Å². The third-order valence-electron chi connectivity index (χ3n) is 3.96. The van der Waals surface area contributed by atoms with Gasteiger partial charge in [-0.3, -0.25) is 12.2 Å². The Morgan fingerprint density at radius 2 is 1.12 bits per heavy atom. The third kappa shape index (κ3) is 10.8. The van der Waals surface area contributed by atoms with E-state index in [9.17, 15) is 0 Å². The Balaban J connectivity index is -0.000000310. The maximum atomic E-state index is 3.34. The van der Waals surface area contributed by atoms with E-state index < -0.39 is 0 Å². The van der Waals surface area contributed by atoms with E-state index in [1.54, 1.807) is 23.3 Å². The zero-order valence-corrected chi connectivity index (χ0v) is 21.1. The van der Waals surface area contributed by atoms with Gasteiger partial charge in [-0.25, -0.2) is 23.3 Å². The SMILES string of the molecule is CCC1=CC(C(C)C)[C-]=C1.CCC1=CC(C(C)C)[C-]=C1.[CH3-].[CH3-].[SiH2]=[Zr]. The zero-order valence-electron chi connectivity index (χ0n) is 17.2. The summed E-state index contributed by atoms with van der Waals surface area (Å²) in [5.41, 5.74) is 2.89. The molecule has 0 saturated heterocycles. The van der Waals surface area contributed by atoms with E-state index in [2.05, 4.69) is 78.0 Å². The van der Waals surface area contributed by atoms with Crippen molar-refractivity contribution in [3.05, 3.63) is 62.5 Å². The molecule has 24 heavy (non-hydrogen) atoms. The van der Waals surface area contributed by atoms with Gasteiger partial charge in [0, 0.05) is 0 Å². The summed E-state index contributed by atoms with van der Waals surface area (Å²) in [5, 5.41) is 0. The van der Waals surface area contributed by atoms with Crippen molar-refractivity contribution >= 4 is 6.88 Å². The van der Waals surface area contributed by atoms with E-state index in [0.717, 1.165) is 12.8 Å². The quantitative estimate of drug-likeness (QED) is 0.390. The van der Waals surface area contributed by atoms with Gasteiger partial charge in [-0.05, 0) is 0 Å². The summed E-state index contributed by atoms with van der Waals surface area (Å²) in [6.07, 6.45) is 17.9. The Bertz CT molecular complexity index is 387. The second-order valence-electron chi connectivity index (χ2n) is 6.35. The Kier molecular flexibility index (Phi) is 19.9. The second-order valence-corrected chi connectivity index (χ2v) is 6.35. The topological polar surface area (TPSA) is 0 Å². The van der Waals surface area contributed by atoms with E-state index in [-0.39, 0.29) is 14.9 Å². The Morgan fingerprint density at radius 1 is 0.833 bits per heavy atom. The van der Waals surface area contributed by atoms with Gasteiger partial charge in [0.2, 0.25) is 0 Å². The summed E-state index contributed by atoms with van der Waals surface area (Å²) in [7, 11) is 0. The average Bonchev–Trinajstić information content (AvgIpc) is 3.19. The van der Waals surface area contributed by atoms with Crippen LogP contribution in [-0.4, -0.2) is 6.88 Å². The number of hydrogen-bond acceptors (Lipinski definition) is 0. The zero-order chi connectivity index (χ0) is 17.1. The van der Waals surface area contributed by atoms with Gasteiger partial charge in [-0.1, -0.05) is 78.1 Å². The van der Waals surface area contributed by atoms with Crippen molar-refractivity contribution < 1.29 is 23.3 Å². The van der Waals surface area contributed by atoms with Crippen LogP contribution >= 0.6 is 0 Å². The molecule has 0 heterocycles. The van der Waals surface area contributed by atoms with Crippen LogP contribution in [0.5, 0.6) is 0 Å². The van der Waals surface area contributed by atoms with Gasteiger partial charge >= 0.3 is 30.2 Å². The normalized spacial score (nSPS) is 20.1. The standard InChI is InChI=1S/2C10H15.2CH3.H2Si.Zr/c2*1-4-9-5-6-10(7-9)8(2)3;;;;/h2*5,7-8,10H,4H2,1-3H3;2*1H3;1H2;/q4*-1;;. The molecule has 0 amide bonds.